The van der Waals surface area contributed by atoms with Crippen LogP contribution in [0.1, 0.15) is 96.3 Å². The minimum absolute atomic E-state index is 0.733. The van der Waals surface area contributed by atoms with E-state index in [9.17, 15) is 0 Å². The molecule has 3 aliphatic carbocycles. The molecule has 0 aromatic carbocycles. The van der Waals surface area contributed by atoms with Gasteiger partial charge in [0.1, 0.15) is 6.61 Å². The second-order valence-electron chi connectivity index (χ2n) is 15.5. The SMILES string of the molecule is C1=CCCC1.C1=CCCC=C1.C1=CCCCC1.C1=CCNC1.C1=CCOC=C1.C1=CCSC=C1.C1=CNCC1.C1=COC=CC1.C1=COC=CC1.C1=COC=CC1.C1=CSC=CC1.C1=NCCN1.C1=NNCC1. The number of hydrazone groups is 1. The fourth-order valence-corrected chi connectivity index (χ4v) is 6.52. The molecule has 13 rings (SSSR count). The predicted octanol–water partition coefficient (Wildman–Crippen LogP) is 15.3. The molecule has 0 saturated carbocycles. The third kappa shape index (κ3) is 60.1. The Kier molecular flexibility index (Phi) is 55.2. The van der Waals surface area contributed by atoms with Crippen LogP contribution in [-0.4, -0.2) is 64.2 Å². The van der Waals surface area contributed by atoms with E-state index in [1.165, 1.54) is 64.2 Å². The average Bonchev–Trinajstić information content (AvgIpc) is 4.38. The Hall–Kier alpha value is -6.08. The molecule has 13 aliphatic rings. The van der Waals surface area contributed by atoms with E-state index >= 15 is 0 Å². The number of allylic oxidation sites excluding steroid dienone is 20. The first-order valence-corrected chi connectivity index (χ1v) is 28.0. The molecule has 0 spiro atoms. The number of nitrogens with zero attached hydrogens (tertiary/aromatic N) is 2. The lowest BCUT2D eigenvalue weighted by Gasteiger charge is -1.97. The van der Waals surface area contributed by atoms with Crippen LogP contribution in [-0.2, 0) is 18.9 Å². The molecule has 10 heterocycles. The number of aliphatic imine (C=N–C) groups is 1. The quantitative estimate of drug-likeness (QED) is 0.175. The van der Waals surface area contributed by atoms with Crippen LogP contribution in [0.4, 0.5) is 0 Å². The highest BCUT2D eigenvalue weighted by molar-refractivity contribution is 8.04. The molecule has 0 fully saturated rings. The Morgan fingerprint density at radius 2 is 0.986 bits per heavy atom. The van der Waals surface area contributed by atoms with Gasteiger partial charge in [-0.2, -0.15) is 5.10 Å². The van der Waals surface area contributed by atoms with Crippen LogP contribution >= 0.6 is 23.5 Å². The highest BCUT2D eigenvalue weighted by Gasteiger charge is 1.88. The van der Waals surface area contributed by atoms with Crippen molar-refractivity contribution >= 4 is 36.1 Å². The first-order chi connectivity index (χ1) is 36.5. The second kappa shape index (κ2) is 62.0. The summed E-state index contributed by atoms with van der Waals surface area (Å²) in [6.07, 6.45) is 87.8. The smallest absolute Gasteiger partial charge is 0.106 e. The van der Waals surface area contributed by atoms with Gasteiger partial charge in [0, 0.05) is 51.1 Å². The van der Waals surface area contributed by atoms with E-state index < -0.39 is 0 Å². The van der Waals surface area contributed by atoms with Gasteiger partial charge in [-0.3, -0.25) is 4.99 Å². The van der Waals surface area contributed by atoms with Gasteiger partial charge in [0.15, 0.2) is 0 Å². The normalized spacial score (nSPS) is 18.8. The van der Waals surface area contributed by atoms with Crippen molar-refractivity contribution < 1.29 is 18.9 Å². The maximum Gasteiger partial charge on any atom is 0.106 e. The number of rotatable bonds is 0. The van der Waals surface area contributed by atoms with Crippen LogP contribution in [0.3, 0.4) is 0 Å². The van der Waals surface area contributed by atoms with Crippen molar-refractivity contribution in [2.24, 2.45) is 10.1 Å². The largest absolute Gasteiger partial charge is 0.497 e. The van der Waals surface area contributed by atoms with Crippen LogP contribution in [0.15, 0.2) is 228 Å². The van der Waals surface area contributed by atoms with E-state index in [0.717, 1.165) is 83.7 Å². The molecule has 0 aromatic heterocycles. The molecule has 4 N–H and O–H groups in total. The lowest BCUT2D eigenvalue weighted by Crippen LogP contribution is -2.04. The van der Waals surface area contributed by atoms with Gasteiger partial charge in [-0.1, -0.05) is 103 Å². The van der Waals surface area contributed by atoms with Crippen molar-refractivity contribution in [3.63, 3.8) is 0 Å². The van der Waals surface area contributed by atoms with Crippen LogP contribution < -0.4 is 21.4 Å². The summed E-state index contributed by atoms with van der Waals surface area (Å²) in [5.74, 6) is 1.15. The lowest BCUT2D eigenvalue weighted by atomic mass is 10.1. The first-order valence-electron chi connectivity index (χ1n) is 26.0. The van der Waals surface area contributed by atoms with Crippen molar-refractivity contribution in [2.75, 3.05) is 51.6 Å². The maximum atomic E-state index is 4.80. The van der Waals surface area contributed by atoms with Crippen molar-refractivity contribution in [3.05, 3.63) is 218 Å². The number of ether oxygens (including phenoxy) is 4. The van der Waals surface area contributed by atoms with Gasteiger partial charge in [0.2, 0.25) is 0 Å². The van der Waals surface area contributed by atoms with E-state index in [1.807, 2.05) is 84.9 Å². The molecule has 398 valence electrons. The summed E-state index contributed by atoms with van der Waals surface area (Å²) in [4.78, 5) is 3.85. The monoisotopic (exact) mass is 1030 g/mol. The molecule has 0 aromatic rings. The summed E-state index contributed by atoms with van der Waals surface area (Å²) in [7, 11) is 0. The fourth-order valence-electron chi connectivity index (χ4n) is 5.45. The Labute approximate surface area is 450 Å². The summed E-state index contributed by atoms with van der Waals surface area (Å²) in [5.41, 5.74) is 2.79. The lowest BCUT2D eigenvalue weighted by molar-refractivity contribution is 0.286. The molecule has 0 atom stereocenters. The summed E-state index contributed by atoms with van der Waals surface area (Å²) < 4.78 is 18.9. The van der Waals surface area contributed by atoms with E-state index in [4.69, 9.17) is 18.9 Å². The zero-order valence-corrected chi connectivity index (χ0v) is 45.2. The Morgan fingerprint density at radius 1 is 0.411 bits per heavy atom. The average molecular weight is 1030 g/mol. The van der Waals surface area contributed by atoms with Gasteiger partial charge in [-0.05, 0) is 161 Å². The summed E-state index contributed by atoms with van der Waals surface area (Å²) >= 11 is 3.56. The first kappa shape index (κ1) is 64.9. The van der Waals surface area contributed by atoms with E-state index in [1.54, 1.807) is 61.9 Å². The predicted molar refractivity (Wildman–Crippen MR) is 322 cm³/mol. The van der Waals surface area contributed by atoms with Gasteiger partial charge < -0.3 is 40.3 Å². The third-order valence-corrected chi connectivity index (χ3v) is 10.6. The van der Waals surface area contributed by atoms with E-state index in [2.05, 4.69) is 139 Å². The molecule has 0 unspecified atom stereocenters. The van der Waals surface area contributed by atoms with Crippen molar-refractivity contribution in [1.29, 1.82) is 0 Å². The molecule has 0 radical (unpaired) electrons. The zero-order chi connectivity index (χ0) is 51.6. The van der Waals surface area contributed by atoms with Crippen molar-refractivity contribution in [2.45, 2.75) is 96.3 Å². The summed E-state index contributed by atoms with van der Waals surface area (Å²) in [6.45, 7) is 7.02. The maximum absolute atomic E-state index is 4.80. The molecule has 0 saturated heterocycles. The number of hydrogen-bond donors (Lipinski definition) is 4. The molecule has 12 heteroatoms. The topological polar surface area (TPSA) is 110 Å². The molecular formula is C61H88N6O4S2. The fraction of sp³-hybridized carbons (Fsp3) is 0.377. The second-order valence-corrected chi connectivity index (χ2v) is 17.3. The van der Waals surface area contributed by atoms with Crippen LogP contribution in [0.25, 0.3) is 0 Å². The highest BCUT2D eigenvalue weighted by Crippen LogP contribution is 2.10. The Bertz CT molecular complexity index is 1460. The van der Waals surface area contributed by atoms with Gasteiger partial charge >= 0.3 is 0 Å². The standard InChI is InChI=1S/C6H10.C6H8.4C5H6O.2C5H6S.C5H8.2C4H7N.2C3H6N2/c8*1-2-4-6-5-3-1;3*1-2-4-5-3-1;1-2-5-3-4-1;1-2-4-5-3-1/h1-2H,3-6H2;1-4H,5-6H2;3*2-5H,1H2;1-4H,5H2;2-5H,1H2;1-4H,5H2;1-2H,3-5H2;1,3,5H,2,4H2;1-2,5H,3-4H2;3H,1-2H2,(H,4,5);2,5H,1,3H2. The molecule has 73 heavy (non-hydrogen) atoms. The van der Waals surface area contributed by atoms with Gasteiger partial charge in [-0.25, -0.2) is 0 Å². The minimum Gasteiger partial charge on any atom is -0.497 e. The Morgan fingerprint density at radius 3 is 1.14 bits per heavy atom. The molecule has 10 nitrogen and oxygen atoms in total. The van der Waals surface area contributed by atoms with Crippen LogP contribution in [0, 0.1) is 0 Å². The summed E-state index contributed by atoms with van der Waals surface area (Å²) in [6, 6.07) is 0. The molecule has 0 bridgehead atoms. The minimum atomic E-state index is 0.733. The van der Waals surface area contributed by atoms with Gasteiger partial charge in [0.05, 0.1) is 56.7 Å². The molecule has 10 aliphatic heterocycles. The number of thioether (sulfide) groups is 2. The van der Waals surface area contributed by atoms with E-state index in [0.29, 0.717) is 0 Å². The van der Waals surface area contributed by atoms with Crippen LogP contribution in [0.2, 0.25) is 0 Å². The highest BCUT2D eigenvalue weighted by atomic mass is 32.2. The van der Waals surface area contributed by atoms with Crippen LogP contribution in [0.5, 0.6) is 0 Å². The number of nitrogens with one attached hydrogen (secondary N) is 4. The zero-order valence-electron chi connectivity index (χ0n) is 43.5. The van der Waals surface area contributed by atoms with Gasteiger partial charge in [-0.15, -0.1) is 23.5 Å². The van der Waals surface area contributed by atoms with Gasteiger partial charge in [0.25, 0.3) is 0 Å². The Balaban J connectivity index is 0.000000396. The summed E-state index contributed by atoms with van der Waals surface area (Å²) in [5, 5.41) is 19.1. The van der Waals surface area contributed by atoms with Crippen molar-refractivity contribution in [3.8, 4) is 0 Å². The third-order valence-electron chi connectivity index (χ3n) is 9.18. The van der Waals surface area contributed by atoms with Crippen molar-refractivity contribution in [1.82, 2.24) is 21.4 Å². The molecular weight excluding hydrogens is 945 g/mol. The number of hydrogen-bond acceptors (Lipinski definition) is 12. The molecule has 0 amide bonds. The van der Waals surface area contributed by atoms with E-state index in [-0.39, 0.29) is 0 Å².